The molecular weight excluding hydrogens is 228 g/mol. The maximum atomic E-state index is 11.7. The summed E-state index contributed by atoms with van der Waals surface area (Å²) in [5.74, 6) is 0. The summed E-state index contributed by atoms with van der Waals surface area (Å²) in [6.07, 6.45) is 9.36. The highest BCUT2D eigenvalue weighted by atomic mass is 16.5. The topological polar surface area (TPSA) is 55.6 Å². The van der Waals surface area contributed by atoms with Gasteiger partial charge >= 0.3 is 6.03 Å². The van der Waals surface area contributed by atoms with Crippen molar-refractivity contribution in [2.75, 3.05) is 6.61 Å². The first-order valence-corrected chi connectivity index (χ1v) is 7.41. The van der Waals surface area contributed by atoms with Crippen molar-refractivity contribution in [3.8, 4) is 0 Å². The third kappa shape index (κ3) is 3.16. The SMILES string of the molecule is CCOC1CCC(N(C(N)=O)C2CCCC2)CC1. The number of ether oxygens (including phenoxy) is 1. The predicted octanol–water partition coefficient (Wildman–Crippen LogP) is 2.66. The molecule has 0 aromatic rings. The lowest BCUT2D eigenvalue weighted by atomic mass is 9.91. The highest BCUT2D eigenvalue weighted by Gasteiger charge is 2.33. The smallest absolute Gasteiger partial charge is 0.315 e. The molecule has 18 heavy (non-hydrogen) atoms. The summed E-state index contributed by atoms with van der Waals surface area (Å²) in [7, 11) is 0. The van der Waals surface area contributed by atoms with Gasteiger partial charge in [0.15, 0.2) is 0 Å². The summed E-state index contributed by atoms with van der Waals surface area (Å²) in [4.78, 5) is 13.7. The number of primary amides is 1. The molecule has 0 bridgehead atoms. The lowest BCUT2D eigenvalue weighted by molar-refractivity contribution is 0.0145. The summed E-state index contributed by atoms with van der Waals surface area (Å²) in [6, 6.07) is 0.528. The van der Waals surface area contributed by atoms with Crippen molar-refractivity contribution in [2.45, 2.75) is 76.5 Å². The Labute approximate surface area is 110 Å². The normalized spacial score (nSPS) is 29.4. The second kappa shape index (κ2) is 6.41. The molecule has 0 unspecified atom stereocenters. The summed E-state index contributed by atoms with van der Waals surface area (Å²) in [5, 5.41) is 0. The van der Waals surface area contributed by atoms with Crippen LogP contribution in [0, 0.1) is 0 Å². The Morgan fingerprint density at radius 3 is 2.17 bits per heavy atom. The second-order valence-electron chi connectivity index (χ2n) is 5.57. The Bertz CT molecular complexity index is 269. The Morgan fingerprint density at radius 1 is 1.11 bits per heavy atom. The van der Waals surface area contributed by atoms with Gasteiger partial charge in [-0.3, -0.25) is 0 Å². The minimum absolute atomic E-state index is 0.221. The summed E-state index contributed by atoms with van der Waals surface area (Å²) in [6.45, 7) is 2.83. The number of nitrogens with zero attached hydrogens (tertiary/aromatic N) is 1. The maximum absolute atomic E-state index is 11.7. The molecular formula is C14H26N2O2. The highest BCUT2D eigenvalue weighted by molar-refractivity contribution is 5.72. The van der Waals surface area contributed by atoms with Crippen molar-refractivity contribution in [3.63, 3.8) is 0 Å². The van der Waals surface area contributed by atoms with Gasteiger partial charge in [-0.2, -0.15) is 0 Å². The van der Waals surface area contributed by atoms with E-state index in [0.717, 1.165) is 45.1 Å². The molecule has 2 aliphatic carbocycles. The van der Waals surface area contributed by atoms with E-state index in [0.29, 0.717) is 18.2 Å². The number of amides is 2. The van der Waals surface area contributed by atoms with Crippen LogP contribution in [0.15, 0.2) is 0 Å². The molecule has 0 spiro atoms. The lowest BCUT2D eigenvalue weighted by Crippen LogP contribution is -2.50. The molecule has 2 aliphatic rings. The van der Waals surface area contributed by atoms with Gasteiger partial charge in [0.05, 0.1) is 6.10 Å². The Kier molecular flexibility index (Phi) is 4.87. The fourth-order valence-corrected chi connectivity index (χ4v) is 3.57. The largest absolute Gasteiger partial charge is 0.379 e. The predicted molar refractivity (Wildman–Crippen MR) is 71.3 cm³/mol. The molecule has 0 aliphatic heterocycles. The molecule has 0 heterocycles. The van der Waals surface area contributed by atoms with Crippen molar-refractivity contribution >= 4 is 6.03 Å². The molecule has 2 N–H and O–H groups in total. The molecule has 0 radical (unpaired) electrons. The van der Waals surface area contributed by atoms with Crippen molar-refractivity contribution < 1.29 is 9.53 Å². The first-order valence-electron chi connectivity index (χ1n) is 7.41. The summed E-state index contributed by atoms with van der Waals surface area (Å²) < 4.78 is 5.66. The zero-order valence-electron chi connectivity index (χ0n) is 11.4. The minimum atomic E-state index is -0.221. The number of nitrogens with two attached hydrogens (primary N) is 1. The van der Waals surface area contributed by atoms with E-state index in [2.05, 4.69) is 0 Å². The molecule has 0 aromatic carbocycles. The van der Waals surface area contributed by atoms with Gasteiger partial charge in [0.2, 0.25) is 0 Å². The zero-order valence-corrected chi connectivity index (χ0v) is 11.4. The van der Waals surface area contributed by atoms with Crippen LogP contribution in [0.25, 0.3) is 0 Å². The van der Waals surface area contributed by atoms with E-state index in [1.165, 1.54) is 12.8 Å². The maximum Gasteiger partial charge on any atom is 0.315 e. The summed E-state index contributed by atoms with van der Waals surface area (Å²) in [5.41, 5.74) is 5.60. The van der Waals surface area contributed by atoms with Gasteiger partial charge in [-0.1, -0.05) is 12.8 Å². The van der Waals surface area contributed by atoms with E-state index in [1.807, 2.05) is 11.8 Å². The van der Waals surface area contributed by atoms with Gasteiger partial charge in [0, 0.05) is 18.7 Å². The van der Waals surface area contributed by atoms with E-state index >= 15 is 0 Å². The van der Waals surface area contributed by atoms with Crippen molar-refractivity contribution in [1.29, 1.82) is 0 Å². The molecule has 104 valence electrons. The van der Waals surface area contributed by atoms with Crippen molar-refractivity contribution in [1.82, 2.24) is 4.90 Å². The fraction of sp³-hybridized carbons (Fsp3) is 0.929. The molecule has 4 nitrogen and oxygen atoms in total. The molecule has 2 saturated carbocycles. The van der Waals surface area contributed by atoms with Crippen LogP contribution in [0.5, 0.6) is 0 Å². The number of hydrogen-bond acceptors (Lipinski definition) is 2. The van der Waals surface area contributed by atoms with Crippen LogP contribution in [-0.4, -0.2) is 35.7 Å². The average Bonchev–Trinajstić information content (AvgIpc) is 2.85. The minimum Gasteiger partial charge on any atom is -0.379 e. The third-order valence-electron chi connectivity index (χ3n) is 4.41. The first kappa shape index (κ1) is 13.7. The van der Waals surface area contributed by atoms with Crippen LogP contribution in [0.4, 0.5) is 4.79 Å². The quantitative estimate of drug-likeness (QED) is 0.838. The van der Waals surface area contributed by atoms with Gasteiger partial charge in [-0.15, -0.1) is 0 Å². The van der Waals surface area contributed by atoms with E-state index < -0.39 is 0 Å². The van der Waals surface area contributed by atoms with E-state index in [4.69, 9.17) is 10.5 Å². The molecule has 2 rings (SSSR count). The molecule has 2 fully saturated rings. The number of hydrogen-bond donors (Lipinski definition) is 1. The fourth-order valence-electron chi connectivity index (χ4n) is 3.57. The van der Waals surface area contributed by atoms with Gasteiger partial charge < -0.3 is 15.4 Å². The van der Waals surface area contributed by atoms with Gasteiger partial charge in [-0.05, 0) is 45.4 Å². The molecule has 0 atom stereocenters. The van der Waals surface area contributed by atoms with Gasteiger partial charge in [0.25, 0.3) is 0 Å². The van der Waals surface area contributed by atoms with E-state index in [-0.39, 0.29) is 6.03 Å². The molecule has 4 heteroatoms. The highest BCUT2D eigenvalue weighted by Crippen LogP contribution is 2.31. The van der Waals surface area contributed by atoms with Crippen LogP contribution < -0.4 is 5.73 Å². The average molecular weight is 254 g/mol. The van der Waals surface area contributed by atoms with Crippen molar-refractivity contribution in [3.05, 3.63) is 0 Å². The van der Waals surface area contributed by atoms with Crippen LogP contribution in [0.1, 0.15) is 58.3 Å². The molecule has 0 aromatic heterocycles. The third-order valence-corrected chi connectivity index (χ3v) is 4.41. The Balaban J connectivity index is 1.90. The molecule has 0 saturated heterocycles. The van der Waals surface area contributed by atoms with Gasteiger partial charge in [-0.25, -0.2) is 4.79 Å². The standard InChI is InChI=1S/C14H26N2O2/c1-2-18-13-9-7-12(8-10-13)16(14(15)17)11-5-3-4-6-11/h11-13H,2-10H2,1H3,(H2,15,17). The monoisotopic (exact) mass is 254 g/mol. The van der Waals surface area contributed by atoms with Crippen LogP contribution in [0.3, 0.4) is 0 Å². The van der Waals surface area contributed by atoms with Crippen LogP contribution >= 0.6 is 0 Å². The zero-order chi connectivity index (χ0) is 13.0. The summed E-state index contributed by atoms with van der Waals surface area (Å²) >= 11 is 0. The number of carbonyl (C=O) groups is 1. The number of rotatable bonds is 4. The Morgan fingerprint density at radius 2 is 1.67 bits per heavy atom. The van der Waals surface area contributed by atoms with Gasteiger partial charge in [0.1, 0.15) is 0 Å². The van der Waals surface area contributed by atoms with E-state index in [9.17, 15) is 4.79 Å². The molecule has 2 amide bonds. The van der Waals surface area contributed by atoms with Crippen LogP contribution in [0.2, 0.25) is 0 Å². The lowest BCUT2D eigenvalue weighted by Gasteiger charge is -2.39. The van der Waals surface area contributed by atoms with E-state index in [1.54, 1.807) is 0 Å². The number of urea groups is 1. The Hall–Kier alpha value is -0.770. The van der Waals surface area contributed by atoms with Crippen molar-refractivity contribution in [2.24, 2.45) is 5.73 Å². The second-order valence-corrected chi connectivity index (χ2v) is 5.57. The van der Waals surface area contributed by atoms with Crippen LogP contribution in [-0.2, 0) is 4.74 Å². The number of carbonyl (C=O) groups excluding carboxylic acids is 1. The first-order chi connectivity index (χ1) is 8.72.